The molecule has 0 saturated carbocycles. The highest BCUT2D eigenvalue weighted by molar-refractivity contribution is 6.49. The maximum atomic E-state index is 12.3. The minimum absolute atomic E-state index is 0.0148. The Morgan fingerprint density at radius 2 is 1.72 bits per heavy atom. The van der Waals surface area contributed by atoms with Gasteiger partial charge < -0.3 is 5.32 Å². The van der Waals surface area contributed by atoms with E-state index in [0.29, 0.717) is 11.1 Å². The largest absolute Gasteiger partial charge is 0.378 e. The van der Waals surface area contributed by atoms with Crippen molar-refractivity contribution in [3.8, 4) is 0 Å². The van der Waals surface area contributed by atoms with E-state index in [1.54, 1.807) is 24.3 Å². The van der Waals surface area contributed by atoms with Crippen molar-refractivity contribution in [1.82, 2.24) is 5.32 Å². The van der Waals surface area contributed by atoms with E-state index in [1.165, 1.54) is 0 Å². The Bertz CT molecular complexity index is 548. The summed E-state index contributed by atoms with van der Waals surface area (Å²) >= 11 is 6.00. The smallest absolute Gasteiger partial charge is 0.211 e. The van der Waals surface area contributed by atoms with E-state index in [2.05, 4.69) is 5.32 Å². The molecule has 0 radical (unpaired) electrons. The molecule has 1 N–H and O–H groups in total. The summed E-state index contributed by atoms with van der Waals surface area (Å²) < 4.78 is 0. The average Bonchev–Trinajstić information content (AvgIpc) is 2.40. The zero-order valence-corrected chi connectivity index (χ0v) is 11.0. The number of halogens is 1. The fraction of sp³-hybridized carbons (Fsp3) is 0.286. The molecule has 4 heteroatoms. The quantitative estimate of drug-likeness (QED) is 0.912. The lowest BCUT2D eigenvalue weighted by Gasteiger charge is -2.21. The Kier molecular flexibility index (Phi) is 3.53. The van der Waals surface area contributed by atoms with Crippen LogP contribution in [0.15, 0.2) is 35.0 Å². The molecule has 1 aliphatic rings. The zero-order valence-electron chi connectivity index (χ0n) is 10.3. The molecule has 0 saturated heterocycles. The van der Waals surface area contributed by atoms with Crippen molar-refractivity contribution in [2.24, 2.45) is 0 Å². The van der Waals surface area contributed by atoms with E-state index in [-0.39, 0.29) is 28.3 Å². The maximum absolute atomic E-state index is 12.3. The van der Waals surface area contributed by atoms with Crippen LogP contribution in [0.5, 0.6) is 0 Å². The third-order valence-electron chi connectivity index (χ3n) is 3.07. The van der Waals surface area contributed by atoms with Gasteiger partial charge in [0, 0.05) is 17.2 Å². The van der Waals surface area contributed by atoms with E-state index in [9.17, 15) is 9.59 Å². The first-order valence-corrected chi connectivity index (χ1v) is 6.28. The standard InChI is InChI=1S/C14H14ClNO2/c1-3-8(2)16-12-11(15)13(17)9-6-4-5-7-10(9)14(12)18/h4-8,16H,3H2,1-2H3/t8-/m0/s1. The highest BCUT2D eigenvalue weighted by atomic mass is 35.5. The number of rotatable bonds is 3. The molecule has 0 fully saturated rings. The Hall–Kier alpha value is -1.61. The normalized spacial score (nSPS) is 16.6. The van der Waals surface area contributed by atoms with Crippen molar-refractivity contribution in [3.05, 3.63) is 46.1 Å². The Balaban J connectivity index is 2.46. The SMILES string of the molecule is CC[C@H](C)NC1=C(Cl)C(=O)c2ccccc2C1=O. The van der Waals surface area contributed by atoms with Crippen molar-refractivity contribution in [1.29, 1.82) is 0 Å². The number of carbonyl (C=O) groups excluding carboxylic acids is 2. The van der Waals surface area contributed by atoms with Crippen LogP contribution in [0.2, 0.25) is 0 Å². The van der Waals surface area contributed by atoms with E-state index in [0.717, 1.165) is 6.42 Å². The minimum atomic E-state index is -0.294. The molecule has 0 bridgehead atoms. The number of hydrogen-bond acceptors (Lipinski definition) is 3. The minimum Gasteiger partial charge on any atom is -0.378 e. The van der Waals surface area contributed by atoms with Gasteiger partial charge in [0.25, 0.3) is 0 Å². The van der Waals surface area contributed by atoms with Crippen LogP contribution < -0.4 is 5.32 Å². The molecule has 0 unspecified atom stereocenters. The summed E-state index contributed by atoms with van der Waals surface area (Å²) in [6.45, 7) is 3.94. The topological polar surface area (TPSA) is 46.2 Å². The molecule has 1 atom stereocenters. The van der Waals surface area contributed by atoms with Crippen molar-refractivity contribution in [2.75, 3.05) is 0 Å². The van der Waals surface area contributed by atoms with Crippen molar-refractivity contribution in [3.63, 3.8) is 0 Å². The lowest BCUT2D eigenvalue weighted by atomic mass is 9.92. The summed E-state index contributed by atoms with van der Waals surface area (Å²) in [5.41, 5.74) is 1.01. The van der Waals surface area contributed by atoms with E-state index in [4.69, 9.17) is 11.6 Å². The van der Waals surface area contributed by atoms with Gasteiger partial charge in [-0.3, -0.25) is 9.59 Å². The third kappa shape index (κ3) is 2.06. The molecule has 1 aromatic carbocycles. The summed E-state index contributed by atoms with van der Waals surface area (Å²) in [6, 6.07) is 6.83. The molecular formula is C14H14ClNO2. The van der Waals surface area contributed by atoms with Gasteiger partial charge in [0.15, 0.2) is 0 Å². The van der Waals surface area contributed by atoms with Crippen LogP contribution in [-0.2, 0) is 0 Å². The monoisotopic (exact) mass is 263 g/mol. The summed E-state index contributed by atoms with van der Waals surface area (Å²) in [4.78, 5) is 24.3. The van der Waals surface area contributed by atoms with Gasteiger partial charge in [0.05, 0.1) is 0 Å². The molecular weight excluding hydrogens is 250 g/mol. The van der Waals surface area contributed by atoms with Gasteiger partial charge in [-0.1, -0.05) is 42.8 Å². The highest BCUT2D eigenvalue weighted by Crippen LogP contribution is 2.27. The predicted octanol–water partition coefficient (Wildman–Crippen LogP) is 2.90. The van der Waals surface area contributed by atoms with Gasteiger partial charge in [0.1, 0.15) is 10.7 Å². The number of carbonyl (C=O) groups is 2. The summed E-state index contributed by atoms with van der Waals surface area (Å²) in [5.74, 6) is -0.506. The Morgan fingerprint density at radius 1 is 1.17 bits per heavy atom. The van der Waals surface area contributed by atoms with Crippen LogP contribution in [-0.4, -0.2) is 17.6 Å². The fourth-order valence-electron chi connectivity index (χ4n) is 1.82. The molecule has 0 aromatic heterocycles. The summed E-state index contributed by atoms with van der Waals surface area (Å²) in [6.07, 6.45) is 0.844. The fourth-order valence-corrected chi connectivity index (χ4v) is 2.06. The number of benzene rings is 1. The average molecular weight is 264 g/mol. The number of Topliss-reactive ketones (excluding diaryl/α,β-unsaturated/α-hetero) is 2. The number of allylic oxidation sites excluding steroid dienone is 2. The van der Waals surface area contributed by atoms with E-state index >= 15 is 0 Å². The van der Waals surface area contributed by atoms with Gasteiger partial charge in [-0.05, 0) is 13.3 Å². The molecule has 18 heavy (non-hydrogen) atoms. The molecule has 0 heterocycles. The number of nitrogens with one attached hydrogen (secondary N) is 1. The molecule has 3 nitrogen and oxygen atoms in total. The van der Waals surface area contributed by atoms with Crippen LogP contribution in [0.3, 0.4) is 0 Å². The predicted molar refractivity (Wildman–Crippen MR) is 70.9 cm³/mol. The van der Waals surface area contributed by atoms with Gasteiger partial charge in [0.2, 0.25) is 11.6 Å². The second-order valence-corrected chi connectivity index (χ2v) is 4.72. The van der Waals surface area contributed by atoms with E-state index < -0.39 is 0 Å². The lowest BCUT2D eigenvalue weighted by molar-refractivity contribution is 0.0973. The van der Waals surface area contributed by atoms with Crippen LogP contribution in [0.25, 0.3) is 0 Å². The second-order valence-electron chi connectivity index (χ2n) is 4.35. The third-order valence-corrected chi connectivity index (χ3v) is 3.43. The molecule has 1 aliphatic carbocycles. The molecule has 2 rings (SSSR count). The molecule has 94 valence electrons. The van der Waals surface area contributed by atoms with Crippen molar-refractivity contribution in [2.45, 2.75) is 26.3 Å². The van der Waals surface area contributed by atoms with Gasteiger partial charge in [-0.15, -0.1) is 0 Å². The molecule has 1 aromatic rings. The second kappa shape index (κ2) is 4.94. The summed E-state index contributed by atoms with van der Waals surface area (Å²) in [5, 5.41) is 3.00. The van der Waals surface area contributed by atoms with Crippen molar-refractivity contribution < 1.29 is 9.59 Å². The zero-order chi connectivity index (χ0) is 13.3. The molecule has 0 spiro atoms. The van der Waals surface area contributed by atoms with Crippen LogP contribution >= 0.6 is 11.6 Å². The number of fused-ring (bicyclic) bond motifs is 1. The number of hydrogen-bond donors (Lipinski definition) is 1. The van der Waals surface area contributed by atoms with E-state index in [1.807, 2.05) is 13.8 Å². The number of ketones is 2. The Labute approximate surface area is 111 Å². The van der Waals surface area contributed by atoms with Gasteiger partial charge in [-0.25, -0.2) is 0 Å². The Morgan fingerprint density at radius 3 is 2.28 bits per heavy atom. The first-order valence-electron chi connectivity index (χ1n) is 5.91. The van der Waals surface area contributed by atoms with Crippen LogP contribution in [0.1, 0.15) is 41.0 Å². The maximum Gasteiger partial charge on any atom is 0.211 e. The van der Waals surface area contributed by atoms with Crippen molar-refractivity contribution >= 4 is 23.2 Å². The molecule has 0 amide bonds. The molecule has 0 aliphatic heterocycles. The lowest BCUT2D eigenvalue weighted by Crippen LogP contribution is -2.34. The van der Waals surface area contributed by atoms with Gasteiger partial charge >= 0.3 is 0 Å². The van der Waals surface area contributed by atoms with Gasteiger partial charge in [-0.2, -0.15) is 0 Å². The first kappa shape index (κ1) is 12.8. The first-order chi connectivity index (χ1) is 8.56. The highest BCUT2D eigenvalue weighted by Gasteiger charge is 2.31. The van der Waals surface area contributed by atoms with Crippen LogP contribution in [0, 0.1) is 0 Å². The van der Waals surface area contributed by atoms with Crippen LogP contribution in [0.4, 0.5) is 0 Å². The summed E-state index contributed by atoms with van der Waals surface area (Å²) in [7, 11) is 0.